The zero-order valence-electron chi connectivity index (χ0n) is 18.8. The number of hydrogen-bond donors (Lipinski definition) is 1. The second-order valence-corrected chi connectivity index (χ2v) is 8.80. The van der Waals surface area contributed by atoms with Gasteiger partial charge in [-0.2, -0.15) is 0 Å². The average molecular weight is 491 g/mol. The Hall–Kier alpha value is -4.18. The van der Waals surface area contributed by atoms with Crippen molar-refractivity contribution in [1.29, 1.82) is 0 Å². The number of rotatable bonds is 8. The van der Waals surface area contributed by atoms with E-state index in [0.717, 1.165) is 16.5 Å². The molecule has 0 bridgehead atoms. The molecule has 1 saturated heterocycles. The summed E-state index contributed by atoms with van der Waals surface area (Å²) >= 11 is 1.21. The van der Waals surface area contributed by atoms with Crippen LogP contribution < -0.4 is 10.1 Å². The van der Waals surface area contributed by atoms with Crippen molar-refractivity contribution in [1.82, 2.24) is 4.90 Å². The maximum atomic E-state index is 13.1. The van der Waals surface area contributed by atoms with Crippen LogP contribution in [-0.4, -0.2) is 45.7 Å². The first-order valence-corrected chi connectivity index (χ1v) is 11.6. The van der Waals surface area contributed by atoms with Gasteiger partial charge in [0.15, 0.2) is 5.17 Å². The van der Waals surface area contributed by atoms with Crippen molar-refractivity contribution < 1.29 is 19.2 Å². The van der Waals surface area contributed by atoms with Gasteiger partial charge >= 0.3 is 0 Å². The SMILES string of the molecule is C=CCN1C(=O)C(CC(=O)Nc2cc([N+](=O)[O-])ccc2OC)SC1=Nc1cccc2ccccc12. The third kappa shape index (κ3) is 5.17. The molecule has 0 spiro atoms. The van der Waals surface area contributed by atoms with E-state index in [2.05, 4.69) is 11.9 Å². The number of non-ortho nitro benzene ring substituents is 1. The molecule has 178 valence electrons. The lowest BCUT2D eigenvalue weighted by atomic mass is 10.1. The Morgan fingerprint density at radius 1 is 1.26 bits per heavy atom. The van der Waals surface area contributed by atoms with E-state index in [0.29, 0.717) is 5.17 Å². The average Bonchev–Trinajstić information content (AvgIpc) is 3.13. The van der Waals surface area contributed by atoms with Crippen LogP contribution in [0.25, 0.3) is 10.8 Å². The van der Waals surface area contributed by atoms with Gasteiger partial charge in [-0.05, 0) is 17.5 Å². The molecule has 0 saturated carbocycles. The highest BCUT2D eigenvalue weighted by Gasteiger charge is 2.38. The molecule has 1 fully saturated rings. The minimum Gasteiger partial charge on any atom is -0.495 e. The van der Waals surface area contributed by atoms with Crippen LogP contribution in [0.2, 0.25) is 0 Å². The van der Waals surface area contributed by atoms with Crippen LogP contribution in [0.5, 0.6) is 5.75 Å². The number of nitro benzene ring substituents is 1. The summed E-state index contributed by atoms with van der Waals surface area (Å²) in [6, 6.07) is 17.5. The molecule has 0 aliphatic carbocycles. The summed E-state index contributed by atoms with van der Waals surface area (Å²) in [6.07, 6.45) is 1.46. The Bertz CT molecular complexity index is 1350. The lowest BCUT2D eigenvalue weighted by Crippen LogP contribution is -2.33. The van der Waals surface area contributed by atoms with Crippen LogP contribution in [-0.2, 0) is 9.59 Å². The van der Waals surface area contributed by atoms with E-state index >= 15 is 0 Å². The van der Waals surface area contributed by atoms with Crippen molar-refractivity contribution in [3.63, 3.8) is 0 Å². The summed E-state index contributed by atoms with van der Waals surface area (Å²) in [5.41, 5.74) is 0.697. The Balaban J connectivity index is 1.56. The first kappa shape index (κ1) is 24.0. The van der Waals surface area contributed by atoms with Crippen LogP contribution >= 0.6 is 11.8 Å². The number of nitrogens with zero attached hydrogens (tertiary/aromatic N) is 3. The first-order chi connectivity index (χ1) is 16.9. The fraction of sp³-hybridized carbons (Fsp3) is 0.160. The van der Waals surface area contributed by atoms with Crippen LogP contribution in [0.4, 0.5) is 17.1 Å². The first-order valence-electron chi connectivity index (χ1n) is 10.7. The molecule has 4 rings (SSSR count). The van der Waals surface area contributed by atoms with Crippen molar-refractivity contribution >= 4 is 56.6 Å². The summed E-state index contributed by atoms with van der Waals surface area (Å²) in [5.74, 6) is -0.449. The van der Waals surface area contributed by atoms with E-state index in [1.807, 2.05) is 42.5 Å². The molecule has 1 aliphatic heterocycles. The number of nitro groups is 1. The highest BCUT2D eigenvalue weighted by Crippen LogP contribution is 2.35. The number of anilines is 1. The lowest BCUT2D eigenvalue weighted by molar-refractivity contribution is -0.384. The van der Waals surface area contributed by atoms with E-state index in [1.165, 1.54) is 42.0 Å². The maximum Gasteiger partial charge on any atom is 0.271 e. The van der Waals surface area contributed by atoms with Gasteiger partial charge in [-0.25, -0.2) is 4.99 Å². The van der Waals surface area contributed by atoms with Gasteiger partial charge in [-0.3, -0.25) is 24.6 Å². The summed E-state index contributed by atoms with van der Waals surface area (Å²) in [7, 11) is 1.40. The van der Waals surface area contributed by atoms with E-state index in [9.17, 15) is 19.7 Å². The molecule has 1 atom stereocenters. The second-order valence-electron chi connectivity index (χ2n) is 7.63. The monoisotopic (exact) mass is 490 g/mol. The van der Waals surface area contributed by atoms with Gasteiger partial charge < -0.3 is 10.1 Å². The Morgan fingerprint density at radius 3 is 2.77 bits per heavy atom. The lowest BCUT2D eigenvalue weighted by Gasteiger charge is -2.14. The largest absolute Gasteiger partial charge is 0.495 e. The summed E-state index contributed by atoms with van der Waals surface area (Å²) < 4.78 is 5.19. The zero-order valence-corrected chi connectivity index (χ0v) is 19.7. The molecule has 2 amide bonds. The number of hydrogen-bond acceptors (Lipinski definition) is 7. The number of amidine groups is 1. The number of amides is 2. The van der Waals surface area contributed by atoms with Crippen LogP contribution in [0.15, 0.2) is 78.3 Å². The molecule has 3 aromatic carbocycles. The van der Waals surface area contributed by atoms with E-state index in [1.54, 1.807) is 6.08 Å². The van der Waals surface area contributed by atoms with Gasteiger partial charge in [0.1, 0.15) is 11.0 Å². The minimum atomic E-state index is -0.701. The highest BCUT2D eigenvalue weighted by molar-refractivity contribution is 8.15. The van der Waals surface area contributed by atoms with Crippen LogP contribution in [0, 0.1) is 10.1 Å². The van der Waals surface area contributed by atoms with Gasteiger partial charge in [0.05, 0.1) is 23.4 Å². The van der Waals surface area contributed by atoms with E-state index in [-0.39, 0.29) is 36.0 Å². The third-order valence-electron chi connectivity index (χ3n) is 5.35. The maximum absolute atomic E-state index is 13.1. The molecule has 9 nitrogen and oxygen atoms in total. The Morgan fingerprint density at radius 2 is 2.03 bits per heavy atom. The number of methoxy groups -OCH3 is 1. The van der Waals surface area contributed by atoms with Crippen molar-refractivity contribution in [3.8, 4) is 5.75 Å². The van der Waals surface area contributed by atoms with Crippen molar-refractivity contribution in [2.75, 3.05) is 19.0 Å². The topological polar surface area (TPSA) is 114 Å². The number of aliphatic imine (C=N–C) groups is 1. The number of nitrogens with one attached hydrogen (secondary N) is 1. The number of carbonyl (C=O) groups is 2. The normalized spacial score (nSPS) is 16.5. The van der Waals surface area contributed by atoms with Crippen LogP contribution in [0.1, 0.15) is 6.42 Å². The standard InChI is InChI=1S/C25H22N4O5S/c1-3-13-28-24(31)22(15-23(30)26-20-14-17(29(32)33)11-12-21(20)34-2)35-25(28)27-19-10-6-8-16-7-4-5-9-18(16)19/h3-12,14,22H,1,13,15H2,2H3,(H,26,30). The Labute approximate surface area is 205 Å². The van der Waals surface area contributed by atoms with Crippen molar-refractivity contribution in [2.45, 2.75) is 11.7 Å². The predicted octanol–water partition coefficient (Wildman–Crippen LogP) is 4.90. The van der Waals surface area contributed by atoms with Crippen LogP contribution in [0.3, 0.4) is 0 Å². The molecule has 10 heteroatoms. The quantitative estimate of drug-likeness (QED) is 0.273. The van der Waals surface area contributed by atoms with Crippen molar-refractivity contribution in [2.24, 2.45) is 4.99 Å². The molecular weight excluding hydrogens is 468 g/mol. The van der Waals surface area contributed by atoms with Gasteiger partial charge in [0, 0.05) is 30.5 Å². The molecule has 35 heavy (non-hydrogen) atoms. The number of fused-ring (bicyclic) bond motifs is 1. The number of thioether (sulfide) groups is 1. The van der Waals surface area contributed by atoms with Crippen molar-refractivity contribution in [3.05, 3.63) is 83.4 Å². The van der Waals surface area contributed by atoms with Gasteiger partial charge in [-0.1, -0.05) is 54.2 Å². The molecule has 0 aromatic heterocycles. The zero-order chi connectivity index (χ0) is 24.9. The molecule has 1 aliphatic rings. The fourth-order valence-corrected chi connectivity index (χ4v) is 4.87. The number of ether oxygens (including phenoxy) is 1. The van der Waals surface area contributed by atoms with E-state index < -0.39 is 16.1 Å². The fourth-order valence-electron chi connectivity index (χ4n) is 3.71. The minimum absolute atomic E-state index is 0.141. The smallest absolute Gasteiger partial charge is 0.271 e. The second kappa shape index (κ2) is 10.4. The van der Waals surface area contributed by atoms with E-state index in [4.69, 9.17) is 9.73 Å². The summed E-state index contributed by atoms with van der Waals surface area (Å²) in [5, 5.41) is 15.5. The predicted molar refractivity (Wildman–Crippen MR) is 137 cm³/mol. The molecular formula is C25H22N4O5S. The van der Waals surface area contributed by atoms with Gasteiger partial charge in [0.2, 0.25) is 11.8 Å². The molecule has 1 heterocycles. The number of benzene rings is 3. The van der Waals surface area contributed by atoms with Gasteiger partial charge in [-0.15, -0.1) is 6.58 Å². The highest BCUT2D eigenvalue weighted by atomic mass is 32.2. The number of carbonyl (C=O) groups excluding carboxylic acids is 2. The molecule has 3 aromatic rings. The third-order valence-corrected chi connectivity index (χ3v) is 6.53. The molecule has 1 N–H and O–H groups in total. The molecule has 0 radical (unpaired) electrons. The summed E-state index contributed by atoms with van der Waals surface area (Å²) in [4.78, 5) is 42.7. The Kier molecular flexibility index (Phi) is 7.11. The summed E-state index contributed by atoms with van der Waals surface area (Å²) in [6.45, 7) is 3.98. The molecule has 1 unspecified atom stereocenters. The van der Waals surface area contributed by atoms with Gasteiger partial charge in [0.25, 0.3) is 5.69 Å².